The van der Waals surface area contributed by atoms with Gasteiger partial charge >= 0.3 is 0 Å². The van der Waals surface area contributed by atoms with Crippen LogP contribution in [0.4, 0.5) is 15.8 Å². The van der Waals surface area contributed by atoms with E-state index in [-0.39, 0.29) is 5.13 Å². The van der Waals surface area contributed by atoms with Crippen molar-refractivity contribution in [2.75, 3.05) is 11.5 Å². The van der Waals surface area contributed by atoms with Crippen LogP contribution in [-0.4, -0.2) is 0 Å². The maximum atomic E-state index is 12.8. The van der Waals surface area contributed by atoms with Gasteiger partial charge in [0.1, 0.15) is 0 Å². The van der Waals surface area contributed by atoms with Gasteiger partial charge in [0.05, 0.1) is 11.4 Å². The normalized spacial score (nSPS) is 10.4. The molecule has 0 bridgehead atoms. The minimum Gasteiger partial charge on any atom is -0.397 e. The predicted molar refractivity (Wildman–Crippen MR) is 58.5 cm³/mol. The first-order valence-corrected chi connectivity index (χ1v) is 4.90. The van der Waals surface area contributed by atoms with Crippen molar-refractivity contribution in [2.45, 2.75) is 0 Å². The van der Waals surface area contributed by atoms with Gasteiger partial charge in [-0.25, -0.2) is 0 Å². The molecule has 0 saturated heterocycles. The van der Waals surface area contributed by atoms with Crippen molar-refractivity contribution in [1.29, 1.82) is 0 Å². The quantitative estimate of drug-likeness (QED) is 0.708. The maximum Gasteiger partial charge on any atom is 0.176 e. The van der Waals surface area contributed by atoms with Crippen LogP contribution in [0.1, 0.15) is 0 Å². The Morgan fingerprint density at radius 2 is 1.86 bits per heavy atom. The van der Waals surface area contributed by atoms with E-state index in [1.807, 2.05) is 6.07 Å². The number of nitrogen functional groups attached to an aromatic ring is 2. The minimum absolute atomic E-state index is 0.221. The van der Waals surface area contributed by atoms with Crippen LogP contribution >= 0.6 is 11.3 Å². The van der Waals surface area contributed by atoms with Crippen molar-refractivity contribution < 1.29 is 4.39 Å². The summed E-state index contributed by atoms with van der Waals surface area (Å²) in [5.41, 5.74) is 13.3. The lowest BCUT2D eigenvalue weighted by Crippen LogP contribution is -1.95. The summed E-state index contributed by atoms with van der Waals surface area (Å²) >= 11 is 1.06. The molecule has 1 aromatic heterocycles. The summed E-state index contributed by atoms with van der Waals surface area (Å²) in [4.78, 5) is 0.798. The third kappa shape index (κ3) is 1.44. The van der Waals surface area contributed by atoms with Crippen molar-refractivity contribution in [3.8, 4) is 10.4 Å². The third-order valence-corrected chi connectivity index (χ3v) is 2.89. The molecule has 0 fully saturated rings. The molecule has 0 aliphatic carbocycles. The Morgan fingerprint density at radius 1 is 1.07 bits per heavy atom. The van der Waals surface area contributed by atoms with E-state index < -0.39 is 0 Å². The van der Waals surface area contributed by atoms with Crippen molar-refractivity contribution in [3.05, 3.63) is 35.5 Å². The van der Waals surface area contributed by atoms with E-state index in [2.05, 4.69) is 0 Å². The van der Waals surface area contributed by atoms with Crippen LogP contribution in [0.25, 0.3) is 10.4 Å². The fourth-order valence-electron chi connectivity index (χ4n) is 1.26. The first-order chi connectivity index (χ1) is 6.68. The fourth-order valence-corrected chi connectivity index (χ4v) is 2.03. The summed E-state index contributed by atoms with van der Waals surface area (Å²) < 4.78 is 12.8. The van der Waals surface area contributed by atoms with Gasteiger partial charge in [-0.15, -0.1) is 11.3 Å². The average molecular weight is 208 g/mol. The number of hydrogen-bond donors (Lipinski definition) is 2. The van der Waals surface area contributed by atoms with Crippen LogP contribution in [0.15, 0.2) is 30.3 Å². The molecule has 0 aliphatic rings. The molecular formula is C10H9FN2S. The molecule has 4 N–H and O–H groups in total. The molecule has 1 aromatic carbocycles. The van der Waals surface area contributed by atoms with Gasteiger partial charge < -0.3 is 11.5 Å². The first kappa shape index (κ1) is 9.02. The van der Waals surface area contributed by atoms with Gasteiger partial charge in [0.2, 0.25) is 0 Å². The summed E-state index contributed by atoms with van der Waals surface area (Å²) in [6, 6.07) is 8.48. The number of thiophene rings is 1. The van der Waals surface area contributed by atoms with Gasteiger partial charge in [-0.1, -0.05) is 12.1 Å². The monoisotopic (exact) mass is 208 g/mol. The van der Waals surface area contributed by atoms with Crippen LogP contribution < -0.4 is 11.5 Å². The number of hydrogen-bond acceptors (Lipinski definition) is 3. The smallest absolute Gasteiger partial charge is 0.176 e. The molecule has 1 heterocycles. The summed E-state index contributed by atoms with van der Waals surface area (Å²) in [6.07, 6.45) is 0. The highest BCUT2D eigenvalue weighted by atomic mass is 32.1. The lowest BCUT2D eigenvalue weighted by molar-refractivity contribution is 0.657. The molecule has 2 aromatic rings. The lowest BCUT2D eigenvalue weighted by Gasteiger charge is -2.04. The molecule has 72 valence electrons. The highest BCUT2D eigenvalue weighted by molar-refractivity contribution is 7.14. The van der Waals surface area contributed by atoms with Crippen LogP contribution in [0.2, 0.25) is 0 Å². The predicted octanol–water partition coefficient (Wildman–Crippen LogP) is 2.72. The maximum absolute atomic E-state index is 12.8. The summed E-state index contributed by atoms with van der Waals surface area (Å²) in [5.74, 6) is 0. The van der Waals surface area contributed by atoms with Gasteiger partial charge in [0, 0.05) is 10.4 Å². The molecule has 0 aliphatic heterocycles. The highest BCUT2D eigenvalue weighted by Gasteiger charge is 2.07. The SMILES string of the molecule is Nc1cccc(-c2ccc(F)s2)c1N. The first-order valence-electron chi connectivity index (χ1n) is 4.08. The average Bonchev–Trinajstić information content (AvgIpc) is 2.57. The topological polar surface area (TPSA) is 52.0 Å². The van der Waals surface area contributed by atoms with E-state index >= 15 is 0 Å². The van der Waals surface area contributed by atoms with Crippen LogP contribution in [-0.2, 0) is 0 Å². The Labute approximate surface area is 85.0 Å². The van der Waals surface area contributed by atoms with E-state index in [0.29, 0.717) is 11.4 Å². The zero-order valence-electron chi connectivity index (χ0n) is 7.33. The summed E-state index contributed by atoms with van der Waals surface area (Å²) in [6.45, 7) is 0. The van der Waals surface area contributed by atoms with E-state index in [0.717, 1.165) is 21.8 Å². The number of nitrogens with two attached hydrogens (primary N) is 2. The molecule has 0 amide bonds. The van der Waals surface area contributed by atoms with Gasteiger partial charge in [0.15, 0.2) is 5.13 Å². The van der Waals surface area contributed by atoms with Gasteiger partial charge in [-0.05, 0) is 18.2 Å². The second kappa shape index (κ2) is 3.31. The molecular weight excluding hydrogens is 199 g/mol. The highest BCUT2D eigenvalue weighted by Crippen LogP contribution is 2.34. The van der Waals surface area contributed by atoms with E-state index in [9.17, 15) is 4.39 Å². The molecule has 0 atom stereocenters. The molecule has 0 unspecified atom stereocenters. The Balaban J connectivity index is 2.57. The molecule has 14 heavy (non-hydrogen) atoms. The molecule has 4 heteroatoms. The Hall–Kier alpha value is -1.55. The zero-order chi connectivity index (χ0) is 10.1. The Morgan fingerprint density at radius 3 is 2.50 bits per heavy atom. The van der Waals surface area contributed by atoms with Gasteiger partial charge in [0.25, 0.3) is 0 Å². The van der Waals surface area contributed by atoms with Crippen molar-refractivity contribution in [2.24, 2.45) is 0 Å². The number of rotatable bonds is 1. The molecule has 2 nitrogen and oxygen atoms in total. The minimum atomic E-state index is -0.221. The van der Waals surface area contributed by atoms with Gasteiger partial charge in [-0.3, -0.25) is 0 Å². The van der Waals surface area contributed by atoms with Crippen molar-refractivity contribution in [1.82, 2.24) is 0 Å². The zero-order valence-corrected chi connectivity index (χ0v) is 8.14. The lowest BCUT2D eigenvalue weighted by atomic mass is 10.1. The van der Waals surface area contributed by atoms with Gasteiger partial charge in [-0.2, -0.15) is 4.39 Å². The molecule has 0 spiro atoms. The van der Waals surface area contributed by atoms with E-state index in [1.165, 1.54) is 6.07 Å². The second-order valence-corrected chi connectivity index (χ2v) is 3.95. The fraction of sp³-hybridized carbons (Fsp3) is 0. The standard InChI is InChI=1S/C10H9FN2S/c11-9-5-4-8(14-9)6-2-1-3-7(12)10(6)13/h1-5H,12-13H2. The van der Waals surface area contributed by atoms with Crippen molar-refractivity contribution in [3.63, 3.8) is 0 Å². The van der Waals surface area contributed by atoms with E-state index in [4.69, 9.17) is 11.5 Å². The third-order valence-electron chi connectivity index (χ3n) is 1.98. The number of anilines is 2. The molecule has 0 radical (unpaired) electrons. The second-order valence-electron chi connectivity index (χ2n) is 2.91. The summed E-state index contributed by atoms with van der Waals surface area (Å²) in [5, 5.41) is -0.221. The Bertz CT molecular complexity index is 465. The van der Waals surface area contributed by atoms with Crippen molar-refractivity contribution >= 4 is 22.7 Å². The van der Waals surface area contributed by atoms with Crippen LogP contribution in [0.3, 0.4) is 0 Å². The van der Waals surface area contributed by atoms with Crippen LogP contribution in [0, 0.1) is 5.13 Å². The van der Waals surface area contributed by atoms with E-state index in [1.54, 1.807) is 18.2 Å². The largest absolute Gasteiger partial charge is 0.397 e. The molecule has 2 rings (SSSR count). The van der Waals surface area contributed by atoms with Crippen LogP contribution in [0.5, 0.6) is 0 Å². The summed E-state index contributed by atoms with van der Waals surface area (Å²) in [7, 11) is 0. The number of para-hydroxylation sites is 1. The number of halogens is 1. The molecule has 0 saturated carbocycles. The Kier molecular flexibility index (Phi) is 2.13. The number of benzene rings is 1.